The Morgan fingerprint density at radius 3 is 1.88 bits per heavy atom. The number of ketones is 1. The molecule has 1 amide bonds. The average Bonchev–Trinajstić information content (AvgIpc) is 2.14. The molecular formula is C8H10BrNO6. The van der Waals surface area contributed by atoms with Gasteiger partial charge in [0.1, 0.15) is 5.78 Å². The van der Waals surface area contributed by atoms with Crippen molar-refractivity contribution in [2.24, 2.45) is 0 Å². The van der Waals surface area contributed by atoms with Crippen LogP contribution < -0.4 is 5.32 Å². The number of carboxylic acids is 2. The summed E-state index contributed by atoms with van der Waals surface area (Å²) < 4.78 is 0. The molecule has 0 heterocycles. The third-order valence-electron chi connectivity index (χ3n) is 1.73. The van der Waals surface area contributed by atoms with Crippen LogP contribution >= 0.6 is 15.9 Å². The van der Waals surface area contributed by atoms with Crippen LogP contribution in [0.25, 0.3) is 0 Å². The number of amides is 1. The van der Waals surface area contributed by atoms with Crippen molar-refractivity contribution < 1.29 is 29.4 Å². The van der Waals surface area contributed by atoms with E-state index in [0.717, 1.165) is 6.92 Å². The van der Waals surface area contributed by atoms with E-state index in [4.69, 9.17) is 10.2 Å². The summed E-state index contributed by atoms with van der Waals surface area (Å²) in [7, 11) is 0. The molecule has 0 aliphatic rings. The van der Waals surface area contributed by atoms with Gasteiger partial charge in [-0.3, -0.25) is 9.59 Å². The first kappa shape index (κ1) is 14.6. The Hall–Kier alpha value is -1.44. The number of alkyl halides is 1. The topological polar surface area (TPSA) is 121 Å². The molecule has 7 nitrogen and oxygen atoms in total. The zero-order valence-electron chi connectivity index (χ0n) is 8.32. The minimum absolute atomic E-state index is 0.186. The van der Waals surface area contributed by atoms with Gasteiger partial charge in [0, 0.05) is 6.92 Å². The first-order chi connectivity index (χ1) is 7.26. The van der Waals surface area contributed by atoms with Gasteiger partial charge < -0.3 is 15.5 Å². The van der Waals surface area contributed by atoms with Crippen molar-refractivity contribution in [1.29, 1.82) is 0 Å². The van der Waals surface area contributed by atoms with E-state index in [1.54, 1.807) is 5.32 Å². The molecule has 0 aromatic heterocycles. The molecule has 0 aliphatic carbocycles. The van der Waals surface area contributed by atoms with Crippen LogP contribution in [0.2, 0.25) is 0 Å². The van der Waals surface area contributed by atoms with Crippen molar-refractivity contribution >= 4 is 39.6 Å². The molecule has 3 N–H and O–H groups in total. The zero-order chi connectivity index (χ0) is 12.9. The van der Waals surface area contributed by atoms with Crippen LogP contribution in [0.1, 0.15) is 13.3 Å². The number of carboxylic acid groups (broad SMARTS) is 2. The van der Waals surface area contributed by atoms with Crippen molar-refractivity contribution in [2.45, 2.75) is 18.9 Å². The van der Waals surface area contributed by atoms with Gasteiger partial charge in [0.05, 0.1) is 11.8 Å². The molecule has 8 heteroatoms. The molecule has 0 aromatic rings. The first-order valence-corrected chi connectivity index (χ1v) is 5.21. The number of halogens is 1. The molecule has 0 saturated heterocycles. The standard InChI is InChI=1S/C8H10BrNO6/c1-4(11)10-8(6(13)14,7(15)16)2-5(12)3-9/h2-3H2,1H3,(H,10,11)(H,13,14)(H,15,16). The Balaban J connectivity index is 5.26. The number of carbonyl (C=O) groups excluding carboxylic acids is 2. The van der Waals surface area contributed by atoms with Crippen molar-refractivity contribution in [3.8, 4) is 0 Å². The lowest BCUT2D eigenvalue weighted by Crippen LogP contribution is -2.60. The predicted molar refractivity (Wildman–Crippen MR) is 55.2 cm³/mol. The molecule has 0 spiro atoms. The quantitative estimate of drug-likeness (QED) is 0.444. The van der Waals surface area contributed by atoms with Gasteiger partial charge in [0.25, 0.3) is 0 Å². The summed E-state index contributed by atoms with van der Waals surface area (Å²) in [6, 6.07) is 0. The fourth-order valence-electron chi connectivity index (χ4n) is 1.04. The SMILES string of the molecule is CC(=O)NC(CC(=O)CBr)(C(=O)O)C(=O)O. The highest BCUT2D eigenvalue weighted by Crippen LogP contribution is 2.13. The number of rotatable bonds is 6. The number of nitrogens with one attached hydrogen (secondary N) is 1. The largest absolute Gasteiger partial charge is 0.479 e. The number of Topliss-reactive ketones (excluding diaryl/α,β-unsaturated/α-hetero) is 1. The molecule has 0 rings (SSSR count). The lowest BCUT2D eigenvalue weighted by atomic mass is 9.93. The second-order valence-electron chi connectivity index (χ2n) is 3.05. The molecular weight excluding hydrogens is 286 g/mol. The third-order valence-corrected chi connectivity index (χ3v) is 2.36. The molecule has 0 fully saturated rings. The molecule has 0 radical (unpaired) electrons. The highest BCUT2D eigenvalue weighted by atomic mass is 79.9. The first-order valence-electron chi connectivity index (χ1n) is 4.09. The fourth-order valence-corrected chi connectivity index (χ4v) is 1.24. The summed E-state index contributed by atoms with van der Waals surface area (Å²) >= 11 is 2.78. The van der Waals surface area contributed by atoms with Crippen LogP contribution in [0.4, 0.5) is 0 Å². The maximum Gasteiger partial charge on any atom is 0.341 e. The monoisotopic (exact) mass is 295 g/mol. The number of aliphatic carboxylic acids is 2. The molecule has 16 heavy (non-hydrogen) atoms. The number of carbonyl (C=O) groups is 4. The third kappa shape index (κ3) is 3.30. The Labute approximate surface area is 98.9 Å². The van der Waals surface area contributed by atoms with Crippen molar-refractivity contribution in [3.05, 3.63) is 0 Å². The minimum atomic E-state index is -2.60. The van der Waals surface area contributed by atoms with E-state index >= 15 is 0 Å². The molecule has 0 aromatic carbocycles. The van der Waals surface area contributed by atoms with E-state index in [-0.39, 0.29) is 5.33 Å². The summed E-state index contributed by atoms with van der Waals surface area (Å²) in [5.41, 5.74) is -2.60. The average molecular weight is 296 g/mol. The number of hydrogen-bond acceptors (Lipinski definition) is 4. The van der Waals surface area contributed by atoms with Gasteiger partial charge in [-0.15, -0.1) is 0 Å². The highest BCUT2D eigenvalue weighted by molar-refractivity contribution is 9.09. The molecule has 0 saturated carbocycles. The lowest BCUT2D eigenvalue weighted by molar-refractivity contribution is -0.162. The Kier molecular flexibility index (Phi) is 5.09. The summed E-state index contributed by atoms with van der Waals surface area (Å²) in [6.45, 7) is 0.971. The van der Waals surface area contributed by atoms with Crippen LogP contribution in [-0.4, -0.2) is 44.7 Å². The van der Waals surface area contributed by atoms with E-state index in [2.05, 4.69) is 15.9 Å². The smallest absolute Gasteiger partial charge is 0.341 e. The Morgan fingerprint density at radius 2 is 1.62 bits per heavy atom. The van der Waals surface area contributed by atoms with Crippen LogP contribution in [-0.2, 0) is 19.2 Å². The molecule has 90 valence electrons. The lowest BCUT2D eigenvalue weighted by Gasteiger charge is -2.24. The second-order valence-corrected chi connectivity index (χ2v) is 3.61. The normalized spacial score (nSPS) is 10.6. The minimum Gasteiger partial charge on any atom is -0.479 e. The van der Waals surface area contributed by atoms with Gasteiger partial charge in [-0.2, -0.15) is 0 Å². The van der Waals surface area contributed by atoms with Crippen molar-refractivity contribution in [2.75, 3.05) is 5.33 Å². The summed E-state index contributed by atoms with van der Waals surface area (Å²) in [5, 5.41) is 19.2. The predicted octanol–water partition coefficient (Wildman–Crippen LogP) is -0.615. The van der Waals surface area contributed by atoms with Gasteiger partial charge in [-0.1, -0.05) is 15.9 Å². The van der Waals surface area contributed by atoms with Gasteiger partial charge in [-0.25, -0.2) is 9.59 Å². The Morgan fingerprint density at radius 1 is 1.19 bits per heavy atom. The summed E-state index contributed by atoms with van der Waals surface area (Å²) in [4.78, 5) is 43.6. The molecule has 0 bridgehead atoms. The molecule has 0 atom stereocenters. The summed E-state index contributed by atoms with van der Waals surface area (Å²) in [5.74, 6) is -5.06. The summed E-state index contributed by atoms with van der Waals surface area (Å²) in [6.07, 6.45) is -0.817. The van der Waals surface area contributed by atoms with Crippen LogP contribution in [0.3, 0.4) is 0 Å². The van der Waals surface area contributed by atoms with Gasteiger partial charge in [0.2, 0.25) is 11.4 Å². The van der Waals surface area contributed by atoms with Crippen LogP contribution in [0, 0.1) is 0 Å². The van der Waals surface area contributed by atoms with E-state index in [1.165, 1.54) is 0 Å². The molecule has 0 aliphatic heterocycles. The van der Waals surface area contributed by atoms with Crippen LogP contribution in [0.15, 0.2) is 0 Å². The van der Waals surface area contributed by atoms with E-state index in [1.807, 2.05) is 0 Å². The van der Waals surface area contributed by atoms with Crippen molar-refractivity contribution in [3.63, 3.8) is 0 Å². The van der Waals surface area contributed by atoms with Crippen LogP contribution in [0.5, 0.6) is 0 Å². The van der Waals surface area contributed by atoms with Crippen molar-refractivity contribution in [1.82, 2.24) is 5.32 Å². The van der Waals surface area contributed by atoms with E-state index in [0.29, 0.717) is 0 Å². The van der Waals surface area contributed by atoms with Gasteiger partial charge in [-0.05, 0) is 0 Å². The fraction of sp³-hybridized carbons (Fsp3) is 0.500. The van der Waals surface area contributed by atoms with Gasteiger partial charge >= 0.3 is 11.9 Å². The number of hydrogen-bond donors (Lipinski definition) is 3. The van der Waals surface area contributed by atoms with E-state index < -0.39 is 35.6 Å². The van der Waals surface area contributed by atoms with E-state index in [9.17, 15) is 19.2 Å². The molecule has 0 unspecified atom stereocenters. The second kappa shape index (κ2) is 5.59. The maximum atomic E-state index is 11.1. The highest BCUT2D eigenvalue weighted by Gasteiger charge is 2.49. The van der Waals surface area contributed by atoms with Gasteiger partial charge in [0.15, 0.2) is 0 Å². The Bertz CT molecular complexity index is 325. The maximum absolute atomic E-state index is 11.1. The zero-order valence-corrected chi connectivity index (χ0v) is 9.91.